The molecule has 0 spiro atoms. The number of hydrogen-bond donors (Lipinski definition) is 2. The number of amides is 1. The molecule has 0 fully saturated rings. The molecule has 0 heterocycles. The molecule has 0 bridgehead atoms. The first-order chi connectivity index (χ1) is 7.58. The van der Waals surface area contributed by atoms with E-state index in [0.29, 0.717) is 6.29 Å². The Balaban J connectivity index is 3.33. The van der Waals surface area contributed by atoms with Crippen LogP contribution in [0, 0.1) is 11.8 Å². The maximum absolute atomic E-state index is 10.6. The summed E-state index contributed by atoms with van der Waals surface area (Å²) >= 11 is 0. The van der Waals surface area contributed by atoms with Crippen molar-refractivity contribution in [2.24, 2.45) is 5.73 Å². The molecular weight excluding hydrogens is 210 g/mol. The molecule has 0 radical (unpaired) electrons. The van der Waals surface area contributed by atoms with Crippen LogP contribution in [-0.4, -0.2) is 24.4 Å². The molecule has 5 nitrogen and oxygen atoms in total. The number of hydrogen-bond acceptors (Lipinski definition) is 4. The zero-order chi connectivity index (χ0) is 12.1. The van der Waals surface area contributed by atoms with Gasteiger partial charge >= 0.3 is 0 Å². The van der Waals surface area contributed by atoms with E-state index in [1.54, 1.807) is 0 Å². The van der Waals surface area contributed by atoms with Crippen LogP contribution in [0.2, 0.25) is 0 Å². The number of benzene rings is 1. The third kappa shape index (κ3) is 2.51. The molecule has 82 valence electrons. The second kappa shape index (κ2) is 4.84. The Hall–Kier alpha value is -2.48. The minimum absolute atomic E-state index is 0.110. The van der Waals surface area contributed by atoms with Crippen LogP contribution in [-0.2, 0) is 4.79 Å². The van der Waals surface area contributed by atoms with Crippen LogP contribution in [0.4, 0.5) is 0 Å². The van der Waals surface area contributed by atoms with E-state index in [2.05, 4.69) is 11.8 Å². The van der Waals surface area contributed by atoms with Gasteiger partial charge in [0.25, 0.3) is 5.91 Å². The number of phenolic OH excluding ortho intramolecular Hbond substituents is 1. The highest BCUT2D eigenvalue weighted by Gasteiger charge is 2.08. The predicted octanol–water partition coefficient (Wildman–Crippen LogP) is 0.0501. The van der Waals surface area contributed by atoms with Gasteiger partial charge in [0.15, 0.2) is 11.5 Å². The van der Waals surface area contributed by atoms with E-state index >= 15 is 0 Å². The van der Waals surface area contributed by atoms with Crippen LogP contribution in [0.5, 0.6) is 11.5 Å². The van der Waals surface area contributed by atoms with Gasteiger partial charge in [0, 0.05) is 11.5 Å². The van der Waals surface area contributed by atoms with Crippen molar-refractivity contribution in [1.82, 2.24) is 0 Å². The van der Waals surface area contributed by atoms with Crippen molar-refractivity contribution in [1.29, 1.82) is 0 Å². The van der Waals surface area contributed by atoms with Crippen LogP contribution in [0.1, 0.15) is 15.9 Å². The van der Waals surface area contributed by atoms with E-state index in [1.807, 2.05) is 0 Å². The van der Waals surface area contributed by atoms with Crippen molar-refractivity contribution >= 4 is 12.2 Å². The van der Waals surface area contributed by atoms with E-state index in [4.69, 9.17) is 10.5 Å². The Morgan fingerprint density at radius 1 is 1.56 bits per heavy atom. The van der Waals surface area contributed by atoms with Crippen molar-refractivity contribution in [3.05, 3.63) is 23.3 Å². The maximum atomic E-state index is 10.6. The average Bonchev–Trinajstić information content (AvgIpc) is 2.27. The van der Waals surface area contributed by atoms with Gasteiger partial charge < -0.3 is 15.6 Å². The first-order valence-electron chi connectivity index (χ1n) is 4.26. The molecule has 0 saturated heterocycles. The van der Waals surface area contributed by atoms with Crippen molar-refractivity contribution in [3.8, 4) is 23.3 Å². The molecule has 0 aliphatic heterocycles. The van der Waals surface area contributed by atoms with Gasteiger partial charge in [-0.3, -0.25) is 9.59 Å². The highest BCUT2D eigenvalue weighted by atomic mass is 16.5. The summed E-state index contributed by atoms with van der Waals surface area (Å²) in [6, 6.07) is 2.69. The van der Waals surface area contributed by atoms with Crippen molar-refractivity contribution < 1.29 is 19.4 Å². The molecule has 0 aliphatic rings. The van der Waals surface area contributed by atoms with E-state index in [1.165, 1.54) is 19.2 Å². The molecule has 0 atom stereocenters. The topological polar surface area (TPSA) is 89.6 Å². The highest BCUT2D eigenvalue weighted by molar-refractivity contribution is 5.93. The Labute approximate surface area is 91.8 Å². The molecule has 0 aliphatic carbocycles. The number of methoxy groups -OCH3 is 1. The monoisotopic (exact) mass is 219 g/mol. The third-order valence-electron chi connectivity index (χ3n) is 1.77. The molecule has 1 aromatic carbocycles. The van der Waals surface area contributed by atoms with Crippen molar-refractivity contribution in [3.63, 3.8) is 0 Å². The molecule has 0 unspecified atom stereocenters. The van der Waals surface area contributed by atoms with E-state index in [9.17, 15) is 14.7 Å². The highest BCUT2D eigenvalue weighted by Crippen LogP contribution is 2.30. The molecule has 1 aromatic rings. The van der Waals surface area contributed by atoms with Crippen molar-refractivity contribution in [2.75, 3.05) is 7.11 Å². The molecule has 0 saturated carbocycles. The van der Waals surface area contributed by atoms with Gasteiger partial charge in [-0.1, -0.05) is 5.92 Å². The normalized spacial score (nSPS) is 8.81. The summed E-state index contributed by atoms with van der Waals surface area (Å²) in [7, 11) is 1.34. The lowest BCUT2D eigenvalue weighted by molar-refractivity contribution is -0.112. The van der Waals surface area contributed by atoms with Gasteiger partial charge in [0.05, 0.1) is 12.7 Å². The van der Waals surface area contributed by atoms with E-state index in [-0.39, 0.29) is 22.6 Å². The molecule has 1 rings (SSSR count). The van der Waals surface area contributed by atoms with Gasteiger partial charge in [-0.25, -0.2) is 0 Å². The summed E-state index contributed by atoms with van der Waals surface area (Å²) in [5.74, 6) is 3.46. The molecule has 16 heavy (non-hydrogen) atoms. The third-order valence-corrected chi connectivity index (χ3v) is 1.77. The number of carbonyl (C=O) groups excluding carboxylic acids is 2. The van der Waals surface area contributed by atoms with E-state index in [0.717, 1.165) is 0 Å². The fourth-order valence-corrected chi connectivity index (χ4v) is 1.08. The summed E-state index contributed by atoms with van der Waals surface area (Å²) in [4.78, 5) is 21.1. The fraction of sp³-hybridized carbons (Fsp3) is 0.0909. The van der Waals surface area contributed by atoms with Crippen LogP contribution in [0.25, 0.3) is 0 Å². The van der Waals surface area contributed by atoms with Gasteiger partial charge in [-0.2, -0.15) is 0 Å². The lowest BCUT2D eigenvalue weighted by Crippen LogP contribution is -2.06. The maximum Gasteiger partial charge on any atom is 0.293 e. The summed E-state index contributed by atoms with van der Waals surface area (Å²) in [5, 5.41) is 9.63. The molecule has 1 amide bonds. The number of phenols is 1. The predicted molar refractivity (Wildman–Crippen MR) is 56.1 cm³/mol. The quantitative estimate of drug-likeness (QED) is 0.543. The number of aromatic hydroxyl groups is 1. The minimum Gasteiger partial charge on any atom is -0.503 e. The fourth-order valence-electron chi connectivity index (χ4n) is 1.08. The van der Waals surface area contributed by atoms with Crippen molar-refractivity contribution in [2.45, 2.75) is 0 Å². The largest absolute Gasteiger partial charge is 0.503 e. The zero-order valence-electron chi connectivity index (χ0n) is 8.48. The number of primary amides is 1. The van der Waals surface area contributed by atoms with Crippen LogP contribution in [0.15, 0.2) is 12.1 Å². The Morgan fingerprint density at radius 2 is 2.25 bits per heavy atom. The molecule has 0 aromatic heterocycles. The Morgan fingerprint density at radius 3 is 2.75 bits per heavy atom. The van der Waals surface area contributed by atoms with Gasteiger partial charge in [-0.15, -0.1) is 0 Å². The van der Waals surface area contributed by atoms with Gasteiger partial charge in [0.2, 0.25) is 0 Å². The first kappa shape index (κ1) is 11.6. The summed E-state index contributed by atoms with van der Waals surface area (Å²) in [6.45, 7) is 0. The van der Waals surface area contributed by atoms with Crippen LogP contribution in [0.3, 0.4) is 0 Å². The van der Waals surface area contributed by atoms with Crippen LogP contribution < -0.4 is 10.5 Å². The molecule has 3 N–H and O–H groups in total. The second-order valence-corrected chi connectivity index (χ2v) is 2.85. The van der Waals surface area contributed by atoms with Gasteiger partial charge in [-0.05, 0) is 12.1 Å². The molecule has 5 heteroatoms. The Kier molecular flexibility index (Phi) is 3.51. The lowest BCUT2D eigenvalue weighted by Gasteiger charge is -2.05. The standard InChI is InChI=1S/C11H9NO4/c1-16-9-5-7(6-13)4-8(11(9)15)2-3-10(12)14/h4-6,15H,1H3,(H2,12,14). The lowest BCUT2D eigenvalue weighted by atomic mass is 10.1. The number of nitrogens with two attached hydrogens (primary N) is 1. The smallest absolute Gasteiger partial charge is 0.293 e. The summed E-state index contributed by atoms with van der Waals surface area (Å²) in [5.41, 5.74) is 5.23. The number of rotatable bonds is 2. The van der Waals surface area contributed by atoms with Crippen LogP contribution >= 0.6 is 0 Å². The van der Waals surface area contributed by atoms with Gasteiger partial charge in [0.1, 0.15) is 6.29 Å². The number of carbonyl (C=O) groups is 2. The summed E-state index contributed by atoms with van der Waals surface area (Å²) < 4.78 is 4.84. The Bertz CT molecular complexity index is 497. The second-order valence-electron chi connectivity index (χ2n) is 2.85. The zero-order valence-corrected chi connectivity index (χ0v) is 8.48. The minimum atomic E-state index is -0.824. The number of aldehydes is 1. The SMILES string of the molecule is COc1cc(C=O)cc(C#CC(N)=O)c1O. The van der Waals surface area contributed by atoms with E-state index < -0.39 is 5.91 Å². The average molecular weight is 219 g/mol. The summed E-state index contributed by atoms with van der Waals surface area (Å²) in [6.07, 6.45) is 0.581. The molecular formula is C11H9NO4. The number of ether oxygens (including phenoxy) is 1. The first-order valence-corrected chi connectivity index (χ1v) is 4.26.